The summed E-state index contributed by atoms with van der Waals surface area (Å²) in [5.74, 6) is 4.42. The first-order valence-electron chi connectivity index (χ1n) is 17.2. The van der Waals surface area contributed by atoms with Crippen molar-refractivity contribution in [1.82, 2.24) is 24.8 Å². The zero-order chi connectivity index (χ0) is 37.3. The van der Waals surface area contributed by atoms with Crippen molar-refractivity contribution < 1.29 is 23.9 Å². The number of hydrogen-bond acceptors (Lipinski definition) is 12. The maximum absolute atomic E-state index is 13.9. The zero-order valence-corrected chi connectivity index (χ0v) is 30.4. The number of halogens is 1. The van der Waals surface area contributed by atoms with E-state index in [1.807, 2.05) is 19.1 Å². The number of hydrogen-bond donors (Lipinski definition) is 4. The second-order valence-corrected chi connectivity index (χ2v) is 14.7. The van der Waals surface area contributed by atoms with Gasteiger partial charge in [0.2, 0.25) is 11.7 Å². The highest BCUT2D eigenvalue weighted by atomic mass is 35.5. The molecule has 0 aliphatic heterocycles. The summed E-state index contributed by atoms with van der Waals surface area (Å²) in [6.45, 7) is 2.63. The molecule has 7 rings (SSSR count). The summed E-state index contributed by atoms with van der Waals surface area (Å²) in [4.78, 5) is 56.4. The Morgan fingerprint density at radius 3 is 2.25 bits per heavy atom. The number of thiophene rings is 1. The fourth-order valence-corrected chi connectivity index (χ4v) is 7.99. The van der Waals surface area contributed by atoms with Gasteiger partial charge in [0.25, 0.3) is 0 Å². The molecular weight excluding hydrogens is 716 g/mol. The highest BCUT2D eigenvalue weighted by Gasteiger charge is 2.78. The van der Waals surface area contributed by atoms with Crippen LogP contribution in [0.4, 0.5) is 5.82 Å². The number of carbonyl (C=O) groups excluding carboxylic acids is 3. The van der Waals surface area contributed by atoms with Gasteiger partial charge >= 0.3 is 11.9 Å². The topological polar surface area (TPSA) is 189 Å². The van der Waals surface area contributed by atoms with Gasteiger partial charge < -0.3 is 36.1 Å². The number of benzene rings is 2. The quantitative estimate of drug-likeness (QED) is 0.111. The maximum Gasteiger partial charge on any atom is 0.328 e. The highest BCUT2D eigenvalue weighted by molar-refractivity contribution is 7.16. The normalized spacial score (nSPS) is 22.5. The molecule has 0 saturated heterocycles. The molecule has 0 bridgehead atoms. The van der Waals surface area contributed by atoms with Crippen LogP contribution in [0.5, 0.6) is 0 Å². The number of carbonyl (C=O) groups is 3. The molecule has 5 aromatic rings. The fourth-order valence-electron chi connectivity index (χ4n) is 7.09. The largest absolute Gasteiger partial charge is 0.456 e. The van der Waals surface area contributed by atoms with Crippen molar-refractivity contribution in [2.75, 3.05) is 18.9 Å². The Balaban J connectivity index is 1.33. The summed E-state index contributed by atoms with van der Waals surface area (Å²) < 4.78 is 14.8. The minimum atomic E-state index is -1.25. The number of fused-ring (bicyclic) bond motifs is 2. The van der Waals surface area contributed by atoms with Crippen LogP contribution in [0, 0.1) is 23.2 Å². The lowest BCUT2D eigenvalue weighted by atomic mass is 9.97. The first-order valence-corrected chi connectivity index (χ1v) is 18.4. The van der Waals surface area contributed by atoms with E-state index >= 15 is 0 Å². The van der Waals surface area contributed by atoms with Crippen LogP contribution in [0.1, 0.15) is 59.7 Å². The second-order valence-electron chi connectivity index (χ2n) is 13.0. The number of nitrogens with zero attached hydrogens (tertiary/aromatic N) is 4. The molecule has 2 aliphatic carbocycles. The standard InChI is InChI=1S/C38H37ClN8O5S/c1-3-18-43-33-29-34(46-26(45-33)17-15-23-14-16-25(39)53-23)47(20-44-29)30-24-19-38(24,37(50)42-2)32(52-36(49)28(41)22-12-8-5-9-13-22)31(30)51-35(48)27(40)21-10-6-4-7-11-21/h4-14,16,20,24,27-28,30-32H,3,18-19,40-41H2,1-2H3,(H,42,50)(H,43,45,46)/t24?,27-,28-,30+,31-,32-,38-/m0/s1. The molecular formula is C38H37ClN8O5S. The molecule has 2 saturated carbocycles. The van der Waals surface area contributed by atoms with Crippen molar-refractivity contribution in [3.63, 3.8) is 0 Å². The lowest BCUT2D eigenvalue weighted by molar-refractivity contribution is -0.176. The Morgan fingerprint density at radius 1 is 0.981 bits per heavy atom. The average molecular weight is 753 g/mol. The molecule has 1 unspecified atom stereocenters. The van der Waals surface area contributed by atoms with Crippen LogP contribution < -0.4 is 22.1 Å². The first kappa shape index (κ1) is 36.0. The molecule has 53 heavy (non-hydrogen) atoms. The molecule has 2 aromatic carbocycles. The molecule has 0 spiro atoms. The van der Waals surface area contributed by atoms with Gasteiger partial charge in [-0.1, -0.05) is 79.2 Å². The molecule has 2 aliphatic rings. The maximum atomic E-state index is 13.9. The third-order valence-electron chi connectivity index (χ3n) is 9.74. The number of esters is 2. The number of anilines is 1. The van der Waals surface area contributed by atoms with Crippen LogP contribution in [0.3, 0.4) is 0 Å². The molecule has 13 nitrogen and oxygen atoms in total. The summed E-state index contributed by atoms with van der Waals surface area (Å²) >= 11 is 7.46. The Labute approximate surface area is 314 Å². The second kappa shape index (κ2) is 15.0. The van der Waals surface area contributed by atoms with E-state index in [-0.39, 0.29) is 11.7 Å². The fraction of sp³-hybridized carbons (Fsp3) is 0.316. The number of amides is 1. The van der Waals surface area contributed by atoms with E-state index < -0.39 is 53.6 Å². The van der Waals surface area contributed by atoms with Crippen LogP contribution >= 0.6 is 22.9 Å². The van der Waals surface area contributed by atoms with E-state index in [0.717, 1.165) is 11.3 Å². The molecule has 2 fully saturated rings. The van der Waals surface area contributed by atoms with E-state index in [4.69, 9.17) is 37.5 Å². The van der Waals surface area contributed by atoms with Crippen molar-refractivity contribution in [1.29, 1.82) is 0 Å². The summed E-state index contributed by atoms with van der Waals surface area (Å²) in [5.41, 5.74) is 13.4. The third-order valence-corrected chi connectivity index (χ3v) is 10.9. The summed E-state index contributed by atoms with van der Waals surface area (Å²) in [6, 6.07) is 18.0. The van der Waals surface area contributed by atoms with Crippen LogP contribution in [0.15, 0.2) is 79.1 Å². The molecule has 6 N–H and O–H groups in total. The van der Waals surface area contributed by atoms with Gasteiger partial charge in [0.15, 0.2) is 29.2 Å². The van der Waals surface area contributed by atoms with Crippen LogP contribution in [-0.4, -0.2) is 63.2 Å². The Bertz CT molecular complexity index is 2220. The Hall–Kier alpha value is -5.33. The zero-order valence-electron chi connectivity index (χ0n) is 28.9. The Kier molecular flexibility index (Phi) is 10.2. The summed E-state index contributed by atoms with van der Waals surface area (Å²) in [5, 5.41) is 6.06. The van der Waals surface area contributed by atoms with Gasteiger partial charge in [-0.3, -0.25) is 4.79 Å². The predicted octanol–water partition coefficient (Wildman–Crippen LogP) is 4.29. The molecule has 0 radical (unpaired) electrons. The monoisotopic (exact) mass is 752 g/mol. The number of imidazole rings is 1. The van der Waals surface area contributed by atoms with Gasteiger partial charge in [-0.05, 0) is 47.9 Å². The SMILES string of the molecule is CCCNc1nc(C#Cc2ccc(Cl)s2)nc2c1ncn2[C@@H]1C2C[C@@]2(C(=O)NC)[C@@H](OC(=O)[C@@H](N)c2ccccc2)[C@H]1OC(=O)[C@@H](N)c1ccccc1. The third kappa shape index (κ3) is 6.84. The van der Waals surface area contributed by atoms with Gasteiger partial charge in [0, 0.05) is 19.5 Å². The van der Waals surface area contributed by atoms with Gasteiger partial charge in [-0.15, -0.1) is 11.3 Å². The first-order chi connectivity index (χ1) is 25.7. The van der Waals surface area contributed by atoms with Crippen LogP contribution in [0.25, 0.3) is 11.2 Å². The van der Waals surface area contributed by atoms with Crippen molar-refractivity contribution in [3.8, 4) is 11.8 Å². The van der Waals surface area contributed by atoms with E-state index in [1.54, 1.807) is 71.6 Å². The predicted molar refractivity (Wildman–Crippen MR) is 200 cm³/mol. The van der Waals surface area contributed by atoms with Crippen molar-refractivity contribution in [3.05, 3.63) is 105 Å². The van der Waals surface area contributed by atoms with Gasteiger partial charge in [0.05, 0.1) is 27.0 Å². The number of rotatable bonds is 11. The van der Waals surface area contributed by atoms with Crippen LogP contribution in [0.2, 0.25) is 4.34 Å². The van der Waals surface area contributed by atoms with E-state index in [2.05, 4.69) is 32.4 Å². The average Bonchev–Trinajstić information content (AvgIpc) is 3.40. The lowest BCUT2D eigenvalue weighted by Gasteiger charge is -2.32. The van der Waals surface area contributed by atoms with Gasteiger partial charge in [-0.2, -0.15) is 0 Å². The minimum absolute atomic E-state index is 0.213. The lowest BCUT2D eigenvalue weighted by Crippen LogP contribution is -2.47. The van der Waals surface area contributed by atoms with E-state index in [9.17, 15) is 14.4 Å². The van der Waals surface area contributed by atoms with Gasteiger partial charge in [-0.25, -0.2) is 24.5 Å². The molecule has 272 valence electrons. The number of nitrogens with two attached hydrogens (primary N) is 2. The molecule has 3 heterocycles. The van der Waals surface area contributed by atoms with Crippen molar-refractivity contribution in [2.45, 2.75) is 50.1 Å². The number of aromatic nitrogens is 4. The van der Waals surface area contributed by atoms with Crippen molar-refractivity contribution >= 4 is 57.8 Å². The van der Waals surface area contributed by atoms with E-state index in [1.165, 1.54) is 18.4 Å². The number of nitrogens with one attached hydrogen (secondary N) is 2. The van der Waals surface area contributed by atoms with Crippen molar-refractivity contribution in [2.24, 2.45) is 22.8 Å². The van der Waals surface area contributed by atoms with Crippen LogP contribution in [-0.2, 0) is 23.9 Å². The number of ether oxygens (including phenoxy) is 2. The molecule has 7 atom stereocenters. The molecule has 1 amide bonds. The summed E-state index contributed by atoms with van der Waals surface area (Å²) in [6.07, 6.45) is 0.292. The van der Waals surface area contributed by atoms with E-state index in [0.29, 0.717) is 45.4 Å². The molecule has 15 heteroatoms. The van der Waals surface area contributed by atoms with Gasteiger partial charge in [0.1, 0.15) is 12.1 Å². The Morgan fingerprint density at radius 2 is 1.64 bits per heavy atom. The minimum Gasteiger partial charge on any atom is -0.456 e. The highest BCUT2D eigenvalue weighted by Crippen LogP contribution is 2.69. The smallest absolute Gasteiger partial charge is 0.328 e. The summed E-state index contributed by atoms with van der Waals surface area (Å²) in [7, 11) is 1.51. The molecule has 3 aromatic heterocycles.